The zero-order chi connectivity index (χ0) is 33.8. The maximum Gasteiger partial charge on any atom is 0.229 e. The van der Waals surface area contributed by atoms with Crippen molar-refractivity contribution in [3.05, 3.63) is 113 Å². The number of likely N-dealkylation sites (tertiary alicyclic amines) is 2. The fourth-order valence-corrected chi connectivity index (χ4v) is 7.51. The molecule has 5 aromatic rings. The molecule has 1 unspecified atom stereocenters. The molecule has 0 spiro atoms. The van der Waals surface area contributed by atoms with Gasteiger partial charge in [-0.2, -0.15) is 0 Å². The maximum absolute atomic E-state index is 14.2. The van der Waals surface area contributed by atoms with Crippen LogP contribution >= 0.6 is 0 Å². The lowest BCUT2D eigenvalue weighted by Crippen LogP contribution is -2.43. The standard InChI is InChI=1S/C39H44FN5O4/c1-48-36-9-5-2-6-29(36)25-44-23-19-39(37(44)47,24-28-10-12-30(40)13-11-28)18-22-43-20-16-31(17-21-43)41-38-42-34-7-3-4-8-35(34)45(38)26-32-14-15-33(27-46)49-32/h2-15,31,46H,16-27H2,1H3,(H,41,42). The highest BCUT2D eigenvalue weighted by molar-refractivity contribution is 5.85. The van der Waals surface area contributed by atoms with E-state index in [0.29, 0.717) is 31.8 Å². The van der Waals surface area contributed by atoms with Gasteiger partial charge in [-0.1, -0.05) is 42.5 Å². The van der Waals surface area contributed by atoms with Crippen molar-refractivity contribution < 1.29 is 23.4 Å². The second kappa shape index (κ2) is 14.4. The molecular weight excluding hydrogens is 621 g/mol. The van der Waals surface area contributed by atoms with E-state index in [4.69, 9.17) is 14.1 Å². The van der Waals surface area contributed by atoms with Crippen molar-refractivity contribution in [1.82, 2.24) is 19.4 Å². The van der Waals surface area contributed by atoms with Crippen LogP contribution in [0.5, 0.6) is 5.75 Å². The summed E-state index contributed by atoms with van der Waals surface area (Å²) in [5.41, 5.74) is 3.39. The Labute approximate surface area is 286 Å². The quantitative estimate of drug-likeness (QED) is 0.154. The Balaban J connectivity index is 1.01. The number of ether oxygens (including phenoxy) is 1. The third-order valence-electron chi connectivity index (χ3n) is 10.3. The molecule has 2 saturated heterocycles. The number of carbonyl (C=O) groups excluding carboxylic acids is 1. The number of rotatable bonds is 13. The fourth-order valence-electron chi connectivity index (χ4n) is 7.51. The molecule has 2 aliphatic rings. The molecule has 2 N–H and O–H groups in total. The van der Waals surface area contributed by atoms with Crippen molar-refractivity contribution in [3.63, 3.8) is 0 Å². The third-order valence-corrected chi connectivity index (χ3v) is 10.3. The average Bonchev–Trinajstić information content (AvgIpc) is 3.82. The lowest BCUT2D eigenvalue weighted by atomic mass is 9.77. The number of furan rings is 1. The summed E-state index contributed by atoms with van der Waals surface area (Å²) in [6, 6.07) is 26.5. The SMILES string of the molecule is COc1ccccc1CN1CCC(CCN2CCC(Nc3nc4ccccc4n3Cc3ccc(CO)o3)CC2)(Cc2ccc(F)cc2)C1=O. The fraction of sp³-hybridized carbons (Fsp3) is 0.385. The number of anilines is 1. The highest BCUT2D eigenvalue weighted by Crippen LogP contribution is 2.40. The Bertz CT molecular complexity index is 1880. The zero-order valence-corrected chi connectivity index (χ0v) is 28.0. The van der Waals surface area contributed by atoms with E-state index in [-0.39, 0.29) is 24.4 Å². The summed E-state index contributed by atoms with van der Waals surface area (Å²) in [6.07, 6.45) is 4.02. The van der Waals surface area contributed by atoms with Gasteiger partial charge in [0.1, 0.15) is 29.7 Å². The second-order valence-electron chi connectivity index (χ2n) is 13.4. The summed E-state index contributed by atoms with van der Waals surface area (Å²) in [5.74, 6) is 2.81. The van der Waals surface area contributed by atoms with Crippen LogP contribution in [0, 0.1) is 11.2 Å². The van der Waals surface area contributed by atoms with E-state index in [1.807, 2.05) is 65.6 Å². The van der Waals surface area contributed by atoms with Gasteiger partial charge in [0.25, 0.3) is 0 Å². The predicted molar refractivity (Wildman–Crippen MR) is 187 cm³/mol. The van der Waals surface area contributed by atoms with Gasteiger partial charge < -0.3 is 33.9 Å². The lowest BCUT2D eigenvalue weighted by molar-refractivity contribution is -0.137. The van der Waals surface area contributed by atoms with Gasteiger partial charge in [-0.05, 0) is 86.7 Å². The number of nitrogens with zero attached hydrogens (tertiary/aromatic N) is 4. The first-order valence-corrected chi connectivity index (χ1v) is 17.2. The number of aliphatic hydroxyl groups is 1. The van der Waals surface area contributed by atoms with Crippen LogP contribution in [0.25, 0.3) is 11.0 Å². The number of hydrogen-bond donors (Lipinski definition) is 2. The number of imidazole rings is 1. The van der Waals surface area contributed by atoms with E-state index >= 15 is 0 Å². The molecule has 9 nitrogen and oxygen atoms in total. The van der Waals surface area contributed by atoms with Crippen LogP contribution in [0.3, 0.4) is 0 Å². The van der Waals surface area contributed by atoms with Gasteiger partial charge in [-0.25, -0.2) is 9.37 Å². The molecule has 49 heavy (non-hydrogen) atoms. The Morgan fingerprint density at radius 1 is 0.959 bits per heavy atom. The van der Waals surface area contributed by atoms with Gasteiger partial charge in [0.05, 0.1) is 30.1 Å². The number of carbonyl (C=O) groups is 1. The molecule has 0 bridgehead atoms. The summed E-state index contributed by atoms with van der Waals surface area (Å²) in [4.78, 5) is 23.6. The van der Waals surface area contributed by atoms with Crippen LogP contribution in [0.4, 0.5) is 10.3 Å². The molecule has 0 aliphatic carbocycles. The molecule has 0 saturated carbocycles. The Morgan fingerprint density at radius 3 is 2.49 bits per heavy atom. The average molecular weight is 666 g/mol. The normalized spacial score (nSPS) is 18.8. The third kappa shape index (κ3) is 7.21. The highest BCUT2D eigenvalue weighted by Gasteiger charge is 2.46. The Kier molecular flexibility index (Phi) is 9.68. The van der Waals surface area contributed by atoms with E-state index in [2.05, 4.69) is 20.9 Å². The highest BCUT2D eigenvalue weighted by atomic mass is 19.1. The number of piperidine rings is 1. The molecule has 3 aromatic carbocycles. The smallest absolute Gasteiger partial charge is 0.229 e. The Hall–Kier alpha value is -4.67. The summed E-state index contributed by atoms with van der Waals surface area (Å²) < 4.78 is 27.3. The molecule has 256 valence electrons. The van der Waals surface area contributed by atoms with Crippen molar-refractivity contribution in [2.75, 3.05) is 38.6 Å². The molecule has 7 rings (SSSR count). The molecule has 4 heterocycles. The second-order valence-corrected chi connectivity index (χ2v) is 13.4. The van der Waals surface area contributed by atoms with Gasteiger partial charge in [0, 0.05) is 37.8 Å². The summed E-state index contributed by atoms with van der Waals surface area (Å²) in [5, 5.41) is 13.2. The molecule has 1 atom stereocenters. The number of hydrogen-bond acceptors (Lipinski definition) is 7. The van der Waals surface area contributed by atoms with Crippen molar-refractivity contribution in [1.29, 1.82) is 0 Å². The molecule has 2 fully saturated rings. The number of methoxy groups -OCH3 is 1. The maximum atomic E-state index is 14.2. The van der Waals surface area contributed by atoms with Crippen molar-refractivity contribution in [2.45, 2.75) is 57.8 Å². The van der Waals surface area contributed by atoms with Crippen LogP contribution in [0.2, 0.25) is 0 Å². The molecule has 1 amide bonds. The van der Waals surface area contributed by atoms with Crippen LogP contribution < -0.4 is 10.1 Å². The number of halogens is 1. The van der Waals surface area contributed by atoms with Crippen molar-refractivity contribution >= 4 is 22.9 Å². The van der Waals surface area contributed by atoms with Crippen molar-refractivity contribution in [3.8, 4) is 5.75 Å². The van der Waals surface area contributed by atoms with E-state index in [1.165, 1.54) is 12.1 Å². The number of benzene rings is 3. The lowest BCUT2D eigenvalue weighted by Gasteiger charge is -2.35. The minimum absolute atomic E-state index is 0.128. The largest absolute Gasteiger partial charge is 0.496 e. The minimum atomic E-state index is -0.540. The number of fused-ring (bicyclic) bond motifs is 1. The summed E-state index contributed by atoms with van der Waals surface area (Å²) in [6.45, 7) is 4.25. The minimum Gasteiger partial charge on any atom is -0.496 e. The van der Waals surface area contributed by atoms with E-state index < -0.39 is 5.41 Å². The van der Waals surface area contributed by atoms with Gasteiger partial charge in [-0.3, -0.25) is 4.79 Å². The number of aromatic nitrogens is 2. The van der Waals surface area contributed by atoms with Gasteiger partial charge in [0.2, 0.25) is 11.9 Å². The van der Waals surface area contributed by atoms with Gasteiger partial charge >= 0.3 is 0 Å². The monoisotopic (exact) mass is 665 g/mol. The van der Waals surface area contributed by atoms with E-state index in [9.17, 15) is 14.3 Å². The first-order chi connectivity index (χ1) is 23.9. The topological polar surface area (TPSA) is 96.0 Å². The Morgan fingerprint density at radius 2 is 1.71 bits per heavy atom. The molecule has 10 heteroatoms. The summed E-state index contributed by atoms with van der Waals surface area (Å²) in [7, 11) is 1.66. The van der Waals surface area contributed by atoms with Crippen LogP contribution in [0.15, 0.2) is 89.3 Å². The molecule has 0 radical (unpaired) electrons. The van der Waals surface area contributed by atoms with Gasteiger partial charge in [-0.15, -0.1) is 0 Å². The first-order valence-electron chi connectivity index (χ1n) is 17.2. The summed E-state index contributed by atoms with van der Waals surface area (Å²) >= 11 is 0. The number of amides is 1. The molecule has 2 aliphatic heterocycles. The zero-order valence-electron chi connectivity index (χ0n) is 28.0. The van der Waals surface area contributed by atoms with Crippen molar-refractivity contribution in [2.24, 2.45) is 5.41 Å². The van der Waals surface area contributed by atoms with Crippen LogP contribution in [-0.2, 0) is 30.9 Å². The number of aliphatic hydroxyl groups excluding tert-OH is 1. The van der Waals surface area contributed by atoms with E-state index in [1.54, 1.807) is 13.2 Å². The molecule has 2 aromatic heterocycles. The van der Waals surface area contributed by atoms with Gasteiger partial charge in [0.15, 0.2) is 0 Å². The van der Waals surface area contributed by atoms with E-state index in [0.717, 1.165) is 84.9 Å². The first kappa shape index (κ1) is 32.9. The number of para-hydroxylation sites is 3. The predicted octanol–water partition coefficient (Wildman–Crippen LogP) is 6.25. The molecular formula is C39H44FN5O4. The van der Waals surface area contributed by atoms with Crippen LogP contribution in [0.1, 0.15) is 48.3 Å². The van der Waals surface area contributed by atoms with Crippen LogP contribution in [-0.4, -0.2) is 69.7 Å². The number of nitrogens with one attached hydrogen (secondary N) is 1.